The summed E-state index contributed by atoms with van der Waals surface area (Å²) in [5.41, 5.74) is 1.43. The maximum atomic E-state index is 12.1. The lowest BCUT2D eigenvalue weighted by Crippen LogP contribution is -2.14. The molecule has 0 spiro atoms. The number of esters is 1. The van der Waals surface area contributed by atoms with Crippen LogP contribution in [0.25, 0.3) is 0 Å². The number of rotatable bonds is 6. The Kier molecular flexibility index (Phi) is 6.62. The molecule has 0 aromatic carbocycles. The molecule has 21 heavy (non-hydrogen) atoms. The fraction of sp³-hybridized carbons (Fsp3) is 0.267. The van der Waals surface area contributed by atoms with Crippen LogP contribution in [0.4, 0.5) is 5.82 Å². The van der Waals surface area contributed by atoms with Crippen molar-refractivity contribution in [1.29, 1.82) is 0 Å². The molecule has 0 radical (unpaired) electrons. The third-order valence-electron chi connectivity index (χ3n) is 2.45. The number of nitrogens with zero attached hydrogens (tertiary/aromatic N) is 2. The number of aromatic nitrogens is 2. The highest BCUT2D eigenvalue weighted by Crippen LogP contribution is 2.21. The third kappa shape index (κ3) is 4.72. The maximum Gasteiger partial charge on any atom is 0.343 e. The summed E-state index contributed by atoms with van der Waals surface area (Å²) < 4.78 is 5.03. The Morgan fingerprint density at radius 3 is 2.76 bits per heavy atom. The van der Waals surface area contributed by atoms with Gasteiger partial charge in [0.2, 0.25) is 5.28 Å². The van der Waals surface area contributed by atoms with E-state index in [2.05, 4.69) is 21.9 Å². The molecule has 1 N–H and O–H groups in total. The quantitative estimate of drug-likeness (QED) is 0.493. The number of halogens is 1. The molecule has 0 amide bonds. The maximum absolute atomic E-state index is 12.1. The molecular weight excluding hydrogens is 290 g/mol. The van der Waals surface area contributed by atoms with Gasteiger partial charge < -0.3 is 10.1 Å². The molecule has 0 saturated heterocycles. The van der Waals surface area contributed by atoms with Gasteiger partial charge >= 0.3 is 5.97 Å². The number of anilines is 1. The van der Waals surface area contributed by atoms with Gasteiger partial charge in [-0.15, -0.1) is 0 Å². The van der Waals surface area contributed by atoms with Crippen molar-refractivity contribution in [3.8, 4) is 0 Å². The van der Waals surface area contributed by atoms with E-state index in [-0.39, 0.29) is 17.5 Å². The highest BCUT2D eigenvalue weighted by Gasteiger charge is 2.19. The molecule has 1 rings (SSSR count). The van der Waals surface area contributed by atoms with Crippen LogP contribution in [-0.4, -0.2) is 22.5 Å². The topological polar surface area (TPSA) is 64.1 Å². The molecule has 0 unspecified atom stereocenters. The Morgan fingerprint density at radius 2 is 2.19 bits per heavy atom. The number of allylic oxidation sites excluding steroid dienone is 4. The van der Waals surface area contributed by atoms with Crippen LogP contribution in [0.1, 0.15) is 29.9 Å². The molecule has 1 aromatic rings. The van der Waals surface area contributed by atoms with E-state index in [1.54, 1.807) is 26.0 Å². The second-order valence-electron chi connectivity index (χ2n) is 4.00. The minimum absolute atomic E-state index is 0.0569. The van der Waals surface area contributed by atoms with Gasteiger partial charge in [-0.2, -0.15) is 4.98 Å². The zero-order valence-electron chi connectivity index (χ0n) is 12.3. The van der Waals surface area contributed by atoms with Gasteiger partial charge in [-0.25, -0.2) is 9.78 Å². The lowest BCUT2D eigenvalue weighted by molar-refractivity contribution is 0.0525. The number of carbonyl (C=O) groups excluding carboxylic acids is 1. The second kappa shape index (κ2) is 8.21. The fourth-order valence-corrected chi connectivity index (χ4v) is 1.87. The minimum atomic E-state index is -0.493. The largest absolute Gasteiger partial charge is 0.462 e. The molecule has 0 aliphatic heterocycles. The normalized spacial score (nSPS) is 11.5. The van der Waals surface area contributed by atoms with Crippen molar-refractivity contribution in [3.05, 3.63) is 53.1 Å². The van der Waals surface area contributed by atoms with Gasteiger partial charge in [-0.3, -0.25) is 0 Å². The highest BCUT2D eigenvalue weighted by atomic mass is 35.5. The minimum Gasteiger partial charge on any atom is -0.462 e. The SMILES string of the molecule is C=C/C=C(\C=C/C)Nc1nc(Cl)nc(C)c1C(=O)OCC. The van der Waals surface area contributed by atoms with Crippen molar-refractivity contribution in [2.45, 2.75) is 20.8 Å². The fourth-order valence-electron chi connectivity index (χ4n) is 1.66. The average molecular weight is 308 g/mol. The molecule has 1 aromatic heterocycles. The number of hydrogen-bond donors (Lipinski definition) is 1. The van der Waals surface area contributed by atoms with E-state index < -0.39 is 5.97 Å². The van der Waals surface area contributed by atoms with Crippen LogP contribution in [0.2, 0.25) is 5.28 Å². The van der Waals surface area contributed by atoms with Crippen LogP contribution in [-0.2, 0) is 4.74 Å². The van der Waals surface area contributed by atoms with Gasteiger partial charge in [0.05, 0.1) is 12.3 Å². The van der Waals surface area contributed by atoms with Gasteiger partial charge in [-0.05, 0) is 44.5 Å². The Hall–Kier alpha value is -2.14. The van der Waals surface area contributed by atoms with Crippen LogP contribution in [0.15, 0.2) is 36.6 Å². The molecule has 0 aliphatic carbocycles. The van der Waals surface area contributed by atoms with E-state index in [0.29, 0.717) is 17.2 Å². The number of hydrogen-bond acceptors (Lipinski definition) is 5. The summed E-state index contributed by atoms with van der Waals surface area (Å²) in [7, 11) is 0. The van der Waals surface area contributed by atoms with Crippen LogP contribution in [0.5, 0.6) is 0 Å². The predicted octanol–water partition coefficient (Wildman–Crippen LogP) is 3.67. The Balaban J connectivity index is 3.29. The van der Waals surface area contributed by atoms with E-state index >= 15 is 0 Å². The summed E-state index contributed by atoms with van der Waals surface area (Å²) in [5.74, 6) is -0.190. The summed E-state index contributed by atoms with van der Waals surface area (Å²) in [6.45, 7) is 9.21. The van der Waals surface area contributed by atoms with E-state index in [1.807, 2.05) is 19.1 Å². The zero-order chi connectivity index (χ0) is 15.8. The van der Waals surface area contributed by atoms with Crippen LogP contribution in [0.3, 0.4) is 0 Å². The number of nitrogens with one attached hydrogen (secondary N) is 1. The average Bonchev–Trinajstić information content (AvgIpc) is 2.38. The van der Waals surface area contributed by atoms with Crippen LogP contribution < -0.4 is 5.32 Å². The standard InChI is InChI=1S/C15H18ClN3O2/c1-5-8-11(9-6-2)18-13-12(14(20)21-7-3)10(4)17-15(16)19-13/h5-6,8-9H,1,7H2,2-4H3,(H,17,18,19)/b9-6-,11-8+. The summed E-state index contributed by atoms with van der Waals surface area (Å²) >= 11 is 5.87. The molecule has 0 fully saturated rings. The van der Waals surface area contributed by atoms with Crippen molar-refractivity contribution < 1.29 is 9.53 Å². The monoisotopic (exact) mass is 307 g/mol. The van der Waals surface area contributed by atoms with Gasteiger partial charge in [0.1, 0.15) is 11.4 Å². The van der Waals surface area contributed by atoms with E-state index in [9.17, 15) is 4.79 Å². The summed E-state index contributed by atoms with van der Waals surface area (Å²) in [5, 5.41) is 3.09. The first kappa shape index (κ1) is 16.9. The first-order chi connectivity index (χ1) is 10.0. The molecule has 0 bridgehead atoms. The number of carbonyl (C=O) groups is 1. The first-order valence-corrected chi connectivity index (χ1v) is 6.85. The molecule has 6 heteroatoms. The Labute approximate surface area is 129 Å². The Bertz CT molecular complexity index is 595. The Morgan fingerprint density at radius 1 is 1.48 bits per heavy atom. The second-order valence-corrected chi connectivity index (χ2v) is 4.34. The predicted molar refractivity (Wildman–Crippen MR) is 84.5 cm³/mol. The molecule has 112 valence electrons. The van der Waals surface area contributed by atoms with Crippen molar-refractivity contribution in [2.75, 3.05) is 11.9 Å². The van der Waals surface area contributed by atoms with Crippen molar-refractivity contribution in [3.63, 3.8) is 0 Å². The van der Waals surface area contributed by atoms with Gasteiger partial charge in [0, 0.05) is 5.70 Å². The molecule has 0 atom stereocenters. The summed E-state index contributed by atoms with van der Waals surface area (Å²) in [6, 6.07) is 0. The van der Waals surface area contributed by atoms with Crippen LogP contribution >= 0.6 is 11.6 Å². The zero-order valence-corrected chi connectivity index (χ0v) is 13.1. The molecule has 1 heterocycles. The lowest BCUT2D eigenvalue weighted by atomic mass is 10.2. The van der Waals surface area contributed by atoms with E-state index in [1.165, 1.54) is 0 Å². The summed E-state index contributed by atoms with van der Waals surface area (Å²) in [4.78, 5) is 20.1. The first-order valence-electron chi connectivity index (χ1n) is 6.47. The molecular formula is C15H18ClN3O2. The molecule has 0 aliphatic rings. The number of ether oxygens (including phenoxy) is 1. The van der Waals surface area contributed by atoms with Gasteiger partial charge in [0.15, 0.2) is 0 Å². The van der Waals surface area contributed by atoms with Gasteiger partial charge in [0.25, 0.3) is 0 Å². The van der Waals surface area contributed by atoms with E-state index in [4.69, 9.17) is 16.3 Å². The summed E-state index contributed by atoms with van der Waals surface area (Å²) in [6.07, 6.45) is 7.05. The lowest BCUT2D eigenvalue weighted by Gasteiger charge is -2.13. The van der Waals surface area contributed by atoms with Gasteiger partial charge in [-0.1, -0.05) is 18.7 Å². The smallest absolute Gasteiger partial charge is 0.343 e. The highest BCUT2D eigenvalue weighted by molar-refractivity contribution is 6.28. The van der Waals surface area contributed by atoms with Crippen molar-refractivity contribution >= 4 is 23.4 Å². The van der Waals surface area contributed by atoms with Crippen molar-refractivity contribution in [1.82, 2.24) is 9.97 Å². The number of aryl methyl sites for hydroxylation is 1. The molecule has 5 nitrogen and oxygen atoms in total. The van der Waals surface area contributed by atoms with Crippen LogP contribution in [0, 0.1) is 6.92 Å². The third-order valence-corrected chi connectivity index (χ3v) is 2.62. The van der Waals surface area contributed by atoms with E-state index in [0.717, 1.165) is 0 Å². The van der Waals surface area contributed by atoms with Crippen molar-refractivity contribution in [2.24, 2.45) is 0 Å². The molecule has 0 saturated carbocycles.